The van der Waals surface area contributed by atoms with E-state index in [1.165, 1.54) is 16.7 Å². The molecule has 0 saturated carbocycles. The van der Waals surface area contributed by atoms with Crippen LogP contribution in [0.25, 0.3) is 22.3 Å². The number of nitrogens with zero attached hydrogens (tertiary/aromatic N) is 2. The van der Waals surface area contributed by atoms with E-state index in [1.807, 2.05) is 13.8 Å². The number of benzene rings is 1. The quantitative estimate of drug-likeness (QED) is 0.326. The van der Waals surface area contributed by atoms with E-state index in [1.54, 1.807) is 6.07 Å². The maximum absolute atomic E-state index is 13.2. The number of pyridine rings is 2. The molecule has 0 fully saturated rings. The summed E-state index contributed by atoms with van der Waals surface area (Å²) in [4.78, 5) is 28.8. The molecule has 10 heteroatoms. The molecule has 0 saturated heterocycles. The van der Waals surface area contributed by atoms with Gasteiger partial charge in [-0.3, -0.25) is 4.79 Å². The van der Waals surface area contributed by atoms with Gasteiger partial charge in [0.1, 0.15) is 6.61 Å². The van der Waals surface area contributed by atoms with E-state index < -0.39 is 35.1 Å². The van der Waals surface area contributed by atoms with Crippen molar-refractivity contribution in [2.75, 3.05) is 5.73 Å². The first-order valence-corrected chi connectivity index (χ1v) is 9.57. The van der Waals surface area contributed by atoms with Crippen molar-refractivity contribution in [2.24, 2.45) is 0 Å². The first-order valence-electron chi connectivity index (χ1n) is 9.57. The molecule has 0 spiro atoms. The Labute approximate surface area is 173 Å². The van der Waals surface area contributed by atoms with Crippen LogP contribution in [-0.2, 0) is 28.9 Å². The summed E-state index contributed by atoms with van der Waals surface area (Å²) in [7, 11) is 0. The van der Waals surface area contributed by atoms with E-state index in [0.29, 0.717) is 22.3 Å². The summed E-state index contributed by atoms with van der Waals surface area (Å²) < 4.78 is 45.8. The molecule has 1 unspecified atom stereocenters. The summed E-state index contributed by atoms with van der Waals surface area (Å²) in [5, 5.41) is 10.5. The number of hydrogen-bond acceptors (Lipinski definition) is 6. The number of anilines is 1. The van der Waals surface area contributed by atoms with Gasteiger partial charge in [-0.1, -0.05) is 13.8 Å². The highest BCUT2D eigenvalue weighted by molar-refractivity contribution is 5.88. The zero-order valence-electron chi connectivity index (χ0n) is 16.6. The van der Waals surface area contributed by atoms with Crippen molar-refractivity contribution >= 4 is 22.6 Å². The number of fused-ring (bicyclic) bond motifs is 5. The average Bonchev–Trinajstić information content (AvgIpc) is 3.07. The number of halogens is 3. The van der Waals surface area contributed by atoms with Gasteiger partial charge in [-0.15, -0.1) is 0 Å². The predicted molar refractivity (Wildman–Crippen MR) is 106 cm³/mol. The van der Waals surface area contributed by atoms with Crippen molar-refractivity contribution < 1.29 is 27.8 Å². The highest BCUT2D eigenvalue weighted by atomic mass is 19.4. The van der Waals surface area contributed by atoms with Gasteiger partial charge < -0.3 is 20.1 Å². The van der Waals surface area contributed by atoms with Gasteiger partial charge in [0.2, 0.25) is 0 Å². The molecule has 0 aliphatic carbocycles. The van der Waals surface area contributed by atoms with E-state index >= 15 is 0 Å². The second-order valence-electron chi connectivity index (χ2n) is 6.99. The minimum Gasteiger partial charge on any atom is -0.458 e. The fraction of sp³-hybridized carbons (Fsp3) is 0.286. The zero-order valence-corrected chi connectivity index (χ0v) is 16.6. The summed E-state index contributed by atoms with van der Waals surface area (Å²) in [6.07, 6.45) is -6.23. The fourth-order valence-corrected chi connectivity index (χ4v) is 3.84. The van der Waals surface area contributed by atoms with Crippen LogP contribution < -0.4 is 11.3 Å². The van der Waals surface area contributed by atoms with Crippen molar-refractivity contribution in [3.05, 3.63) is 56.9 Å². The van der Waals surface area contributed by atoms with Crippen molar-refractivity contribution in [1.82, 2.24) is 9.55 Å². The second kappa shape index (κ2) is 7.09. The van der Waals surface area contributed by atoms with Crippen molar-refractivity contribution in [3.8, 4) is 11.4 Å². The minimum absolute atomic E-state index is 0.0730. The minimum atomic E-state index is -4.63. The summed E-state index contributed by atoms with van der Waals surface area (Å²) >= 11 is 0. The Balaban J connectivity index is 0.00000112. The van der Waals surface area contributed by atoms with Gasteiger partial charge >= 0.3 is 12.1 Å². The maximum Gasteiger partial charge on any atom is 0.418 e. The fourth-order valence-electron chi connectivity index (χ4n) is 3.84. The molecular formula is C21H18F3N3O4. The molecule has 0 bridgehead atoms. The van der Waals surface area contributed by atoms with Gasteiger partial charge in [-0.25, -0.2) is 9.78 Å². The van der Waals surface area contributed by atoms with Gasteiger partial charge in [0, 0.05) is 22.2 Å². The number of hydrogen-bond donors (Lipinski definition) is 2. The van der Waals surface area contributed by atoms with Crippen LogP contribution in [0, 0.1) is 0 Å². The average molecular weight is 433 g/mol. The monoisotopic (exact) mass is 433 g/mol. The number of alkyl halides is 3. The molecule has 4 heterocycles. The molecule has 5 rings (SSSR count). The number of nitrogens with two attached hydrogens (primary N) is 1. The van der Waals surface area contributed by atoms with Crippen LogP contribution in [0.3, 0.4) is 0 Å². The lowest BCUT2D eigenvalue weighted by atomic mass is 10.0. The number of rotatable bonds is 0. The Morgan fingerprint density at radius 3 is 2.58 bits per heavy atom. The van der Waals surface area contributed by atoms with Gasteiger partial charge in [-0.2, -0.15) is 13.2 Å². The zero-order chi connectivity index (χ0) is 22.7. The lowest BCUT2D eigenvalue weighted by molar-refractivity contribution is -0.157. The lowest BCUT2D eigenvalue weighted by Gasteiger charge is -2.21. The molecule has 0 amide bonds. The largest absolute Gasteiger partial charge is 0.458 e. The van der Waals surface area contributed by atoms with Crippen LogP contribution in [0.5, 0.6) is 0 Å². The van der Waals surface area contributed by atoms with Gasteiger partial charge in [0.25, 0.3) is 5.56 Å². The van der Waals surface area contributed by atoms with Crippen LogP contribution in [-0.4, -0.2) is 20.6 Å². The summed E-state index contributed by atoms with van der Waals surface area (Å²) in [5.41, 5.74) is 5.35. The van der Waals surface area contributed by atoms with Crippen molar-refractivity contribution in [2.45, 2.75) is 39.3 Å². The summed E-state index contributed by atoms with van der Waals surface area (Å²) in [6.45, 7) is 3.91. The van der Waals surface area contributed by atoms with Crippen LogP contribution in [0.15, 0.2) is 29.1 Å². The number of nitrogen functional groups attached to an aromatic ring is 1. The summed E-state index contributed by atoms with van der Waals surface area (Å²) in [5.74, 6) is -0.864. The number of cyclic esters (lactones) is 1. The third-order valence-electron chi connectivity index (χ3n) is 5.25. The van der Waals surface area contributed by atoms with Crippen molar-refractivity contribution in [3.63, 3.8) is 0 Å². The first kappa shape index (κ1) is 20.9. The van der Waals surface area contributed by atoms with Crippen LogP contribution in [0.2, 0.25) is 0 Å². The Morgan fingerprint density at radius 1 is 1.19 bits per heavy atom. The number of carbonyl (C=O) groups excluding carboxylic acids is 1. The number of carbonyl (C=O) groups is 1. The summed E-state index contributed by atoms with van der Waals surface area (Å²) in [6, 6.07) is 5.18. The molecule has 162 valence electrons. The first-order chi connectivity index (χ1) is 14.6. The lowest BCUT2D eigenvalue weighted by Crippen LogP contribution is -2.32. The third kappa shape index (κ3) is 3.14. The topological polar surface area (TPSA) is 107 Å². The maximum atomic E-state index is 13.2. The second-order valence-corrected chi connectivity index (χ2v) is 6.99. The molecule has 1 aromatic carbocycles. The van der Waals surface area contributed by atoms with Crippen molar-refractivity contribution in [1.29, 1.82) is 0 Å². The van der Waals surface area contributed by atoms with E-state index in [4.69, 9.17) is 10.5 Å². The molecule has 2 aliphatic heterocycles. The van der Waals surface area contributed by atoms with Crippen LogP contribution in [0.4, 0.5) is 18.9 Å². The third-order valence-corrected chi connectivity index (χ3v) is 5.25. The predicted octanol–water partition coefficient (Wildman–Crippen LogP) is 3.14. The Bertz CT molecular complexity index is 1300. The van der Waals surface area contributed by atoms with E-state index in [9.17, 15) is 27.9 Å². The van der Waals surface area contributed by atoms with Gasteiger partial charge in [0.05, 0.1) is 34.6 Å². The Hall–Kier alpha value is -3.40. The molecular weight excluding hydrogens is 415 g/mol. The van der Waals surface area contributed by atoms with Crippen LogP contribution in [0.1, 0.15) is 42.2 Å². The van der Waals surface area contributed by atoms with Gasteiger partial charge in [-0.05, 0) is 24.3 Å². The smallest absolute Gasteiger partial charge is 0.418 e. The van der Waals surface area contributed by atoms with E-state index in [2.05, 4.69) is 4.98 Å². The molecule has 7 nitrogen and oxygen atoms in total. The molecule has 2 aliphatic rings. The molecule has 0 radical (unpaired) electrons. The van der Waals surface area contributed by atoms with E-state index in [-0.39, 0.29) is 29.8 Å². The highest BCUT2D eigenvalue weighted by Crippen LogP contribution is 2.39. The molecule has 1 atom stereocenters. The standard InChI is InChI=1S/C19H12F3N3O4.C2H6/c20-19(21,22)11-4-13-7(2-12(11)23)1-8-5-25-14(15(8)24-13)3-9-10(17(25)27)6-29-18(28)16(9)26;1-2/h1-4,16,26H,5-6,23H2;1-2H3. The van der Waals surface area contributed by atoms with E-state index in [0.717, 1.165) is 6.07 Å². The SMILES string of the molecule is CC.Nc1cc2cc3c(nc2cc1C(F)(F)F)-c1cc2c(c(=O)n1C3)COC(=O)C2O. The molecule has 31 heavy (non-hydrogen) atoms. The normalized spacial score (nSPS) is 16.7. The number of ether oxygens (including phenoxy) is 1. The molecule has 3 N–H and O–H groups in total. The van der Waals surface area contributed by atoms with Crippen LogP contribution >= 0.6 is 0 Å². The number of aromatic nitrogens is 2. The number of aliphatic hydroxyl groups is 1. The number of esters is 1. The highest BCUT2D eigenvalue weighted by Gasteiger charge is 2.35. The van der Waals surface area contributed by atoms with Gasteiger partial charge in [0.15, 0.2) is 6.10 Å². The molecule has 2 aromatic heterocycles. The number of aliphatic hydroxyl groups excluding tert-OH is 1. The molecule has 3 aromatic rings. The Morgan fingerprint density at radius 2 is 1.90 bits per heavy atom. The Kier molecular flexibility index (Phi) is 4.77.